The smallest absolute Gasteiger partial charge is 0.126 e. The second kappa shape index (κ2) is 3.54. The molecule has 0 bridgehead atoms. The zero-order valence-electron chi connectivity index (χ0n) is 6.51. The van der Waals surface area contributed by atoms with Gasteiger partial charge in [-0.1, -0.05) is 11.6 Å². The summed E-state index contributed by atoms with van der Waals surface area (Å²) >= 11 is 5.70. The van der Waals surface area contributed by atoms with E-state index >= 15 is 0 Å². The van der Waals surface area contributed by atoms with Crippen LogP contribution in [0.4, 0.5) is 4.39 Å². The maximum Gasteiger partial charge on any atom is 0.126 e. The van der Waals surface area contributed by atoms with Crippen molar-refractivity contribution in [2.24, 2.45) is 10.7 Å². The third-order valence-electron chi connectivity index (χ3n) is 1.45. The van der Waals surface area contributed by atoms with Crippen LogP contribution < -0.4 is 5.73 Å². The summed E-state index contributed by atoms with van der Waals surface area (Å²) in [6, 6.07) is 3.99. The summed E-state index contributed by atoms with van der Waals surface area (Å²) in [4.78, 5) is 3.74. The van der Waals surface area contributed by atoms with Crippen LogP contribution in [0.1, 0.15) is 5.56 Å². The van der Waals surface area contributed by atoms with Crippen molar-refractivity contribution < 1.29 is 4.39 Å². The Bertz CT molecular complexity index is 323. The molecule has 2 nitrogen and oxygen atoms in total. The second-order valence-corrected chi connectivity index (χ2v) is 2.64. The average Bonchev–Trinajstić information content (AvgIpc) is 2.03. The molecule has 0 spiro atoms. The topological polar surface area (TPSA) is 38.4 Å². The fourth-order valence-electron chi connectivity index (χ4n) is 0.818. The van der Waals surface area contributed by atoms with Crippen LogP contribution in [0.2, 0.25) is 5.02 Å². The summed E-state index contributed by atoms with van der Waals surface area (Å²) < 4.78 is 12.5. The second-order valence-electron chi connectivity index (χ2n) is 2.23. The van der Waals surface area contributed by atoms with Gasteiger partial charge < -0.3 is 5.73 Å². The van der Waals surface area contributed by atoms with Gasteiger partial charge in [-0.2, -0.15) is 0 Å². The lowest BCUT2D eigenvalue weighted by molar-refractivity contribution is 0.628. The highest BCUT2D eigenvalue weighted by Gasteiger charge is 2.04. The zero-order valence-corrected chi connectivity index (χ0v) is 7.27. The molecular weight excluding hydrogens is 179 g/mol. The van der Waals surface area contributed by atoms with Gasteiger partial charge >= 0.3 is 0 Å². The molecule has 1 aromatic carbocycles. The maximum atomic E-state index is 12.5. The van der Waals surface area contributed by atoms with Crippen molar-refractivity contribution in [2.75, 3.05) is 7.05 Å². The van der Waals surface area contributed by atoms with Gasteiger partial charge in [-0.15, -0.1) is 0 Å². The number of nitrogens with two attached hydrogens (primary N) is 1. The van der Waals surface area contributed by atoms with Crippen molar-refractivity contribution in [1.29, 1.82) is 0 Å². The summed E-state index contributed by atoms with van der Waals surface area (Å²) in [5.41, 5.74) is 6.04. The Balaban J connectivity index is 3.18. The minimum Gasteiger partial charge on any atom is -0.383 e. The fraction of sp³-hybridized carbons (Fsp3) is 0.125. The Kier molecular flexibility index (Phi) is 2.65. The van der Waals surface area contributed by atoms with E-state index in [2.05, 4.69) is 4.99 Å². The molecule has 0 heterocycles. The summed E-state index contributed by atoms with van der Waals surface area (Å²) in [5.74, 6) is -0.0762. The lowest BCUT2D eigenvalue weighted by atomic mass is 10.2. The molecule has 0 unspecified atom stereocenters. The summed E-state index contributed by atoms with van der Waals surface area (Å²) in [6.45, 7) is 0. The monoisotopic (exact) mass is 186 g/mol. The first kappa shape index (κ1) is 9.00. The van der Waals surface area contributed by atoms with E-state index in [0.717, 1.165) is 0 Å². The Labute approximate surface area is 74.9 Å². The maximum absolute atomic E-state index is 12.5. The highest BCUT2D eigenvalue weighted by molar-refractivity contribution is 6.34. The largest absolute Gasteiger partial charge is 0.383 e. The van der Waals surface area contributed by atoms with Gasteiger partial charge in [0, 0.05) is 12.6 Å². The van der Waals surface area contributed by atoms with E-state index in [-0.39, 0.29) is 10.8 Å². The van der Waals surface area contributed by atoms with Crippen molar-refractivity contribution in [2.45, 2.75) is 0 Å². The van der Waals surface area contributed by atoms with Crippen LogP contribution in [-0.2, 0) is 0 Å². The first-order valence-corrected chi connectivity index (χ1v) is 3.70. The summed E-state index contributed by atoms with van der Waals surface area (Å²) in [7, 11) is 1.55. The van der Waals surface area contributed by atoms with Crippen LogP contribution in [0.15, 0.2) is 23.2 Å². The van der Waals surface area contributed by atoms with Crippen LogP contribution in [0, 0.1) is 5.82 Å². The molecule has 12 heavy (non-hydrogen) atoms. The first-order valence-electron chi connectivity index (χ1n) is 3.33. The highest BCUT2D eigenvalue weighted by Crippen LogP contribution is 2.16. The molecule has 1 rings (SSSR count). The van der Waals surface area contributed by atoms with E-state index in [4.69, 9.17) is 17.3 Å². The highest BCUT2D eigenvalue weighted by atomic mass is 35.5. The molecular formula is C8H8ClFN2. The minimum absolute atomic E-state index is 0.276. The van der Waals surface area contributed by atoms with Crippen LogP contribution >= 0.6 is 11.6 Å². The van der Waals surface area contributed by atoms with E-state index in [1.165, 1.54) is 18.2 Å². The molecule has 0 saturated heterocycles. The molecule has 0 aliphatic rings. The Morgan fingerprint density at radius 1 is 1.58 bits per heavy atom. The van der Waals surface area contributed by atoms with Gasteiger partial charge in [-0.05, 0) is 18.2 Å². The molecule has 64 valence electrons. The van der Waals surface area contributed by atoms with Crippen LogP contribution in [0.3, 0.4) is 0 Å². The Morgan fingerprint density at radius 2 is 2.25 bits per heavy atom. The number of aliphatic imine (C=N–C) groups is 1. The van der Waals surface area contributed by atoms with E-state index in [1.54, 1.807) is 7.05 Å². The van der Waals surface area contributed by atoms with E-state index in [9.17, 15) is 4.39 Å². The van der Waals surface area contributed by atoms with Crippen molar-refractivity contribution >= 4 is 17.4 Å². The SMILES string of the molecule is CN=C(N)c1ccc(F)cc1Cl. The molecule has 0 radical (unpaired) electrons. The zero-order chi connectivity index (χ0) is 9.14. The summed E-state index contributed by atoms with van der Waals surface area (Å²) in [6.07, 6.45) is 0. The van der Waals surface area contributed by atoms with Crippen molar-refractivity contribution in [3.8, 4) is 0 Å². The van der Waals surface area contributed by atoms with Crippen molar-refractivity contribution in [1.82, 2.24) is 0 Å². The fourth-order valence-corrected chi connectivity index (χ4v) is 1.08. The van der Waals surface area contributed by atoms with E-state index in [0.29, 0.717) is 11.4 Å². The third kappa shape index (κ3) is 1.74. The van der Waals surface area contributed by atoms with Gasteiger partial charge in [0.05, 0.1) is 5.02 Å². The number of hydrogen-bond acceptors (Lipinski definition) is 1. The number of rotatable bonds is 1. The van der Waals surface area contributed by atoms with Gasteiger partial charge in [-0.25, -0.2) is 4.39 Å². The predicted molar refractivity (Wildman–Crippen MR) is 48.1 cm³/mol. The van der Waals surface area contributed by atoms with Crippen molar-refractivity contribution in [3.63, 3.8) is 0 Å². The molecule has 0 atom stereocenters. The number of benzene rings is 1. The Morgan fingerprint density at radius 3 is 2.75 bits per heavy atom. The normalized spacial score (nSPS) is 11.8. The molecule has 1 aromatic rings. The van der Waals surface area contributed by atoms with Gasteiger partial charge in [-0.3, -0.25) is 4.99 Å². The van der Waals surface area contributed by atoms with E-state index in [1.807, 2.05) is 0 Å². The molecule has 0 amide bonds. The van der Waals surface area contributed by atoms with Gasteiger partial charge in [0.1, 0.15) is 11.7 Å². The van der Waals surface area contributed by atoms with Gasteiger partial charge in [0.25, 0.3) is 0 Å². The molecule has 0 aromatic heterocycles. The van der Waals surface area contributed by atoms with Crippen LogP contribution in [0.5, 0.6) is 0 Å². The lowest BCUT2D eigenvalue weighted by Crippen LogP contribution is -2.13. The molecule has 0 aliphatic carbocycles. The lowest BCUT2D eigenvalue weighted by Gasteiger charge is -2.01. The van der Waals surface area contributed by atoms with E-state index < -0.39 is 0 Å². The number of amidine groups is 1. The predicted octanol–water partition coefficient (Wildman–Crippen LogP) is 1.81. The standard InChI is InChI=1S/C8H8ClFN2/c1-12-8(11)6-3-2-5(10)4-7(6)9/h2-4H,1H3,(H2,11,12). The molecule has 0 saturated carbocycles. The molecule has 0 aliphatic heterocycles. The quantitative estimate of drug-likeness (QED) is 0.527. The van der Waals surface area contributed by atoms with Crippen molar-refractivity contribution in [3.05, 3.63) is 34.6 Å². The van der Waals surface area contributed by atoms with Gasteiger partial charge in [0.2, 0.25) is 0 Å². The first-order chi connectivity index (χ1) is 5.65. The molecule has 2 N–H and O–H groups in total. The third-order valence-corrected chi connectivity index (χ3v) is 1.76. The number of nitrogens with zero attached hydrogens (tertiary/aromatic N) is 1. The molecule has 0 fully saturated rings. The Hall–Kier alpha value is -1.09. The minimum atomic E-state index is -0.382. The summed E-state index contributed by atoms with van der Waals surface area (Å²) in [5, 5.41) is 0.276. The molecule has 4 heteroatoms. The average molecular weight is 187 g/mol. The van der Waals surface area contributed by atoms with Gasteiger partial charge in [0.15, 0.2) is 0 Å². The van der Waals surface area contributed by atoms with Crippen LogP contribution in [-0.4, -0.2) is 12.9 Å². The van der Waals surface area contributed by atoms with Crippen LogP contribution in [0.25, 0.3) is 0 Å². The number of hydrogen-bond donors (Lipinski definition) is 1. The number of halogens is 2.